The molecule has 1 aromatic heterocycles. The maximum absolute atomic E-state index is 13.9. The molecule has 0 saturated carbocycles. The molecule has 13 heteroatoms. The molecule has 236 valence electrons. The number of benzene rings is 3. The van der Waals surface area contributed by atoms with Crippen molar-refractivity contribution in [2.75, 3.05) is 20.3 Å². The molecule has 2 heterocycles. The first-order chi connectivity index (χ1) is 22.1. The molecule has 0 N–H and O–H groups in total. The van der Waals surface area contributed by atoms with E-state index in [0.717, 1.165) is 6.07 Å². The SMILES string of the molecule is CCOC(=O)C1=C(C)N=c2s/c(=C\c3ccc(OC(=O)c4cccc([N+](=O)[O-])c4)cc3)c(=O)n2[C@H]1c1ccc(OC)c(OCC)c1. The number of carbonyl (C=O) groups excluding carboxylic acids is 2. The van der Waals surface area contributed by atoms with Crippen LogP contribution in [-0.4, -0.2) is 41.8 Å². The Kier molecular flexibility index (Phi) is 9.42. The standard InChI is InChI=1S/C33H29N3O9S/c1-5-43-26-18-21(12-15-25(26)42-4)29-28(32(39)44-6-2)19(3)34-33-35(29)30(37)27(46-33)16-20-10-13-24(14-11-20)45-31(38)22-8-7-9-23(17-22)36(40)41/h7-18,29H,5-6H2,1-4H3/b27-16-/t29-/m0/s1. The number of nitro benzene ring substituents is 1. The zero-order valence-corrected chi connectivity index (χ0v) is 26.2. The van der Waals surface area contributed by atoms with Gasteiger partial charge in [-0.1, -0.05) is 35.6 Å². The van der Waals surface area contributed by atoms with Crippen molar-refractivity contribution < 1.29 is 33.5 Å². The number of nitrogens with zero attached hydrogens (tertiary/aromatic N) is 3. The van der Waals surface area contributed by atoms with Crippen LogP contribution in [0.5, 0.6) is 17.2 Å². The largest absolute Gasteiger partial charge is 0.493 e. The number of hydrogen-bond acceptors (Lipinski definition) is 11. The van der Waals surface area contributed by atoms with E-state index in [2.05, 4.69) is 4.99 Å². The molecular formula is C33H29N3O9S. The zero-order chi connectivity index (χ0) is 33.0. The fourth-order valence-corrected chi connectivity index (χ4v) is 5.98. The van der Waals surface area contributed by atoms with E-state index in [9.17, 15) is 24.5 Å². The monoisotopic (exact) mass is 643 g/mol. The highest BCUT2D eigenvalue weighted by atomic mass is 32.1. The Balaban J connectivity index is 1.51. The molecule has 0 spiro atoms. The number of rotatable bonds is 10. The number of fused-ring (bicyclic) bond motifs is 1. The van der Waals surface area contributed by atoms with Gasteiger partial charge >= 0.3 is 11.9 Å². The van der Waals surface area contributed by atoms with E-state index in [1.54, 1.807) is 62.4 Å². The summed E-state index contributed by atoms with van der Waals surface area (Å²) in [5, 5.41) is 11.0. The lowest BCUT2D eigenvalue weighted by atomic mass is 9.95. The maximum Gasteiger partial charge on any atom is 0.343 e. The first kappa shape index (κ1) is 31.9. The molecule has 0 saturated heterocycles. The van der Waals surface area contributed by atoms with Crippen molar-refractivity contribution in [2.45, 2.75) is 26.8 Å². The van der Waals surface area contributed by atoms with Gasteiger partial charge in [0.25, 0.3) is 11.2 Å². The van der Waals surface area contributed by atoms with E-state index in [-0.39, 0.29) is 34.7 Å². The van der Waals surface area contributed by atoms with E-state index in [0.29, 0.717) is 44.3 Å². The quantitative estimate of drug-likeness (QED) is 0.107. The Morgan fingerprint density at radius 2 is 1.78 bits per heavy atom. The molecule has 5 rings (SSSR count). The minimum atomic E-state index is -0.835. The summed E-state index contributed by atoms with van der Waals surface area (Å²) in [5.74, 6) is -0.130. The number of aromatic nitrogens is 1. The Hall–Kier alpha value is -5.56. The molecular weight excluding hydrogens is 614 g/mol. The lowest BCUT2D eigenvalue weighted by Gasteiger charge is -2.25. The Morgan fingerprint density at radius 1 is 1.02 bits per heavy atom. The maximum atomic E-state index is 13.9. The number of nitro groups is 1. The summed E-state index contributed by atoms with van der Waals surface area (Å²) in [6.07, 6.45) is 1.68. The highest BCUT2D eigenvalue weighted by molar-refractivity contribution is 7.07. The molecule has 0 aliphatic carbocycles. The minimum Gasteiger partial charge on any atom is -0.493 e. The first-order valence-corrected chi connectivity index (χ1v) is 15.0. The van der Waals surface area contributed by atoms with Gasteiger partial charge in [0.1, 0.15) is 5.75 Å². The minimum absolute atomic E-state index is 0.0386. The van der Waals surface area contributed by atoms with Gasteiger partial charge in [0.05, 0.1) is 52.7 Å². The van der Waals surface area contributed by atoms with Crippen LogP contribution in [0.1, 0.15) is 48.3 Å². The van der Waals surface area contributed by atoms with Gasteiger partial charge in [-0.3, -0.25) is 19.5 Å². The average Bonchev–Trinajstić information content (AvgIpc) is 3.35. The number of allylic oxidation sites excluding steroid dienone is 1. The van der Waals surface area contributed by atoms with Crippen LogP contribution in [0.4, 0.5) is 5.69 Å². The molecule has 0 unspecified atom stereocenters. The van der Waals surface area contributed by atoms with Crippen molar-refractivity contribution in [1.82, 2.24) is 4.57 Å². The third-order valence-corrected chi connectivity index (χ3v) is 7.98. The van der Waals surface area contributed by atoms with Crippen molar-refractivity contribution in [2.24, 2.45) is 4.99 Å². The number of non-ortho nitro benzene ring substituents is 1. The van der Waals surface area contributed by atoms with Gasteiger partial charge in [-0.2, -0.15) is 0 Å². The number of thiazole rings is 1. The van der Waals surface area contributed by atoms with Crippen LogP contribution in [0, 0.1) is 10.1 Å². The molecule has 12 nitrogen and oxygen atoms in total. The zero-order valence-electron chi connectivity index (χ0n) is 25.3. The van der Waals surface area contributed by atoms with Crippen molar-refractivity contribution in [3.05, 3.63) is 124 Å². The molecule has 1 aliphatic heterocycles. The smallest absolute Gasteiger partial charge is 0.343 e. The lowest BCUT2D eigenvalue weighted by molar-refractivity contribution is -0.384. The van der Waals surface area contributed by atoms with Crippen LogP contribution < -0.4 is 29.1 Å². The lowest BCUT2D eigenvalue weighted by Crippen LogP contribution is -2.40. The second-order valence-electron chi connectivity index (χ2n) is 9.91. The summed E-state index contributed by atoms with van der Waals surface area (Å²) < 4.78 is 23.8. The highest BCUT2D eigenvalue weighted by Gasteiger charge is 2.34. The van der Waals surface area contributed by atoms with Gasteiger partial charge in [-0.15, -0.1) is 0 Å². The van der Waals surface area contributed by atoms with Gasteiger partial charge in [0, 0.05) is 12.1 Å². The predicted octanol–water partition coefficient (Wildman–Crippen LogP) is 4.33. The fourth-order valence-electron chi connectivity index (χ4n) is 4.93. The van der Waals surface area contributed by atoms with E-state index < -0.39 is 22.9 Å². The van der Waals surface area contributed by atoms with Gasteiger partial charge in [-0.25, -0.2) is 14.6 Å². The van der Waals surface area contributed by atoms with E-state index >= 15 is 0 Å². The molecule has 1 atom stereocenters. The Bertz CT molecular complexity index is 2050. The van der Waals surface area contributed by atoms with Crippen LogP contribution in [-0.2, 0) is 9.53 Å². The van der Waals surface area contributed by atoms with Gasteiger partial charge in [0.15, 0.2) is 16.3 Å². The molecule has 0 fully saturated rings. The van der Waals surface area contributed by atoms with E-state index in [1.165, 1.54) is 41.2 Å². The van der Waals surface area contributed by atoms with Crippen molar-refractivity contribution >= 4 is 35.0 Å². The van der Waals surface area contributed by atoms with Crippen LogP contribution in [0.15, 0.2) is 87.8 Å². The third kappa shape index (κ3) is 6.44. The normalized spacial score (nSPS) is 14.3. The molecule has 0 bridgehead atoms. The van der Waals surface area contributed by atoms with Gasteiger partial charge < -0.3 is 18.9 Å². The summed E-state index contributed by atoms with van der Waals surface area (Å²) >= 11 is 1.17. The van der Waals surface area contributed by atoms with Crippen LogP contribution >= 0.6 is 11.3 Å². The Labute approximate surface area is 266 Å². The summed E-state index contributed by atoms with van der Waals surface area (Å²) in [5.41, 5.74) is 1.38. The number of carbonyl (C=O) groups is 2. The molecule has 3 aromatic carbocycles. The first-order valence-electron chi connectivity index (χ1n) is 14.2. The van der Waals surface area contributed by atoms with Crippen LogP contribution in [0.3, 0.4) is 0 Å². The second-order valence-corrected chi connectivity index (χ2v) is 10.9. The van der Waals surface area contributed by atoms with E-state index in [1.807, 2.05) is 6.92 Å². The van der Waals surface area contributed by atoms with Gasteiger partial charge in [-0.05, 0) is 68.3 Å². The molecule has 0 radical (unpaired) electrons. The molecule has 46 heavy (non-hydrogen) atoms. The second kappa shape index (κ2) is 13.6. The van der Waals surface area contributed by atoms with Crippen molar-refractivity contribution in [3.8, 4) is 17.2 Å². The number of ether oxygens (including phenoxy) is 4. The van der Waals surface area contributed by atoms with Crippen molar-refractivity contribution in [1.29, 1.82) is 0 Å². The molecule has 1 aliphatic rings. The van der Waals surface area contributed by atoms with Gasteiger partial charge in [0.2, 0.25) is 0 Å². The van der Waals surface area contributed by atoms with E-state index in [4.69, 9.17) is 18.9 Å². The highest BCUT2D eigenvalue weighted by Crippen LogP contribution is 2.36. The molecule has 0 amide bonds. The summed E-state index contributed by atoms with van der Waals surface area (Å²) in [6.45, 7) is 5.79. The van der Waals surface area contributed by atoms with Crippen LogP contribution in [0.25, 0.3) is 6.08 Å². The predicted molar refractivity (Wildman–Crippen MR) is 169 cm³/mol. The van der Waals surface area contributed by atoms with Crippen molar-refractivity contribution in [3.63, 3.8) is 0 Å². The van der Waals surface area contributed by atoms with Crippen LogP contribution in [0.2, 0.25) is 0 Å². The summed E-state index contributed by atoms with van der Waals surface area (Å²) in [4.78, 5) is 55.2. The summed E-state index contributed by atoms with van der Waals surface area (Å²) in [6, 6.07) is 16.1. The average molecular weight is 644 g/mol. The number of hydrogen-bond donors (Lipinski definition) is 0. The third-order valence-electron chi connectivity index (χ3n) is 7.00. The number of esters is 2. The topological polar surface area (TPSA) is 149 Å². The molecule has 4 aromatic rings. The summed E-state index contributed by atoms with van der Waals surface area (Å²) in [7, 11) is 1.53. The Morgan fingerprint density at radius 3 is 2.46 bits per heavy atom. The number of methoxy groups -OCH3 is 1. The fraction of sp³-hybridized carbons (Fsp3) is 0.212.